The highest BCUT2D eigenvalue weighted by atomic mass is 35.5. The van der Waals surface area contributed by atoms with Crippen LogP contribution in [0.4, 0.5) is 14.5 Å². The van der Waals surface area contributed by atoms with E-state index in [1.54, 1.807) is 24.3 Å². The number of nitrogens with one attached hydrogen (secondary N) is 1. The van der Waals surface area contributed by atoms with Crippen LogP contribution in [0, 0.1) is 17.6 Å². The number of hydrogen-bond donors (Lipinski definition) is 1. The zero-order valence-electron chi connectivity index (χ0n) is 14.9. The standard InChI is InChI=1S/C19H19ClF2N2O3S/c20-15-6-4-13(5-7-15)12-28(26,27)24-10-8-14(9-11-24)19(25)23-18-16(21)2-1-3-17(18)22/h1-7,14H,8-12H2,(H,23,25). The van der Waals surface area contributed by atoms with Crippen molar-refractivity contribution < 1.29 is 22.0 Å². The first-order valence-electron chi connectivity index (χ1n) is 8.73. The second kappa shape index (κ2) is 8.55. The molecule has 1 amide bonds. The second-order valence-electron chi connectivity index (χ2n) is 6.64. The summed E-state index contributed by atoms with van der Waals surface area (Å²) in [5, 5.41) is 2.80. The number of nitrogens with zero attached hydrogens (tertiary/aromatic N) is 1. The molecule has 1 N–H and O–H groups in total. The van der Waals surface area contributed by atoms with Crippen LogP contribution in [0.5, 0.6) is 0 Å². The molecule has 28 heavy (non-hydrogen) atoms. The molecule has 150 valence electrons. The lowest BCUT2D eigenvalue weighted by Gasteiger charge is -2.30. The first-order valence-corrected chi connectivity index (χ1v) is 10.7. The van der Waals surface area contributed by atoms with Crippen LogP contribution in [-0.4, -0.2) is 31.7 Å². The first-order chi connectivity index (χ1) is 13.3. The van der Waals surface area contributed by atoms with E-state index in [0.29, 0.717) is 10.6 Å². The molecule has 0 radical (unpaired) electrons. The van der Waals surface area contributed by atoms with Gasteiger partial charge in [-0.05, 0) is 42.7 Å². The average molecular weight is 429 g/mol. The minimum absolute atomic E-state index is 0.151. The summed E-state index contributed by atoms with van der Waals surface area (Å²) < 4.78 is 53.9. The van der Waals surface area contributed by atoms with E-state index in [9.17, 15) is 22.0 Å². The van der Waals surface area contributed by atoms with Gasteiger partial charge in [-0.2, -0.15) is 0 Å². The molecule has 1 heterocycles. The van der Waals surface area contributed by atoms with Gasteiger partial charge in [-0.3, -0.25) is 4.79 Å². The van der Waals surface area contributed by atoms with E-state index in [1.165, 1.54) is 10.4 Å². The number of halogens is 3. The Bertz CT molecular complexity index is 939. The molecule has 1 fully saturated rings. The summed E-state index contributed by atoms with van der Waals surface area (Å²) in [6.07, 6.45) is 0.559. The first kappa shape index (κ1) is 20.7. The van der Waals surface area contributed by atoms with Crippen LogP contribution in [-0.2, 0) is 20.6 Å². The van der Waals surface area contributed by atoms with Crippen molar-refractivity contribution in [3.8, 4) is 0 Å². The third kappa shape index (κ3) is 4.87. The number of rotatable bonds is 5. The normalized spacial score (nSPS) is 16.1. The van der Waals surface area contributed by atoms with Gasteiger partial charge in [-0.15, -0.1) is 0 Å². The van der Waals surface area contributed by atoms with E-state index < -0.39 is 39.2 Å². The Balaban J connectivity index is 1.59. The SMILES string of the molecule is O=C(Nc1c(F)cccc1F)C1CCN(S(=O)(=O)Cc2ccc(Cl)cc2)CC1. The molecule has 0 spiro atoms. The van der Waals surface area contributed by atoms with E-state index >= 15 is 0 Å². The van der Waals surface area contributed by atoms with Gasteiger partial charge < -0.3 is 5.32 Å². The Kier molecular flexibility index (Phi) is 6.32. The van der Waals surface area contributed by atoms with E-state index in [2.05, 4.69) is 5.32 Å². The van der Waals surface area contributed by atoms with Gasteiger partial charge in [-0.25, -0.2) is 21.5 Å². The van der Waals surface area contributed by atoms with Crippen LogP contribution in [0.1, 0.15) is 18.4 Å². The largest absolute Gasteiger partial charge is 0.321 e. The molecule has 0 unspecified atom stereocenters. The molecule has 2 aromatic carbocycles. The van der Waals surface area contributed by atoms with Crippen LogP contribution in [0.25, 0.3) is 0 Å². The average Bonchev–Trinajstić information content (AvgIpc) is 2.66. The van der Waals surface area contributed by atoms with E-state index in [-0.39, 0.29) is 31.7 Å². The van der Waals surface area contributed by atoms with Gasteiger partial charge in [-0.1, -0.05) is 29.8 Å². The summed E-state index contributed by atoms with van der Waals surface area (Å²) in [5.74, 6) is -2.88. The number of amides is 1. The summed E-state index contributed by atoms with van der Waals surface area (Å²) >= 11 is 5.81. The molecule has 3 rings (SSSR count). The van der Waals surface area contributed by atoms with Crippen molar-refractivity contribution in [2.45, 2.75) is 18.6 Å². The Labute approximate surface area is 167 Å². The van der Waals surface area contributed by atoms with Gasteiger partial charge >= 0.3 is 0 Å². The monoisotopic (exact) mass is 428 g/mol. The zero-order valence-corrected chi connectivity index (χ0v) is 16.4. The molecule has 1 aliphatic heterocycles. The third-order valence-corrected chi connectivity index (χ3v) is 6.79. The molecule has 5 nitrogen and oxygen atoms in total. The molecule has 2 aromatic rings. The predicted octanol–water partition coefficient (Wildman–Crippen LogP) is 3.80. The highest BCUT2D eigenvalue weighted by Gasteiger charge is 2.31. The predicted molar refractivity (Wildman–Crippen MR) is 103 cm³/mol. The topological polar surface area (TPSA) is 66.5 Å². The molecule has 0 atom stereocenters. The van der Waals surface area contributed by atoms with Gasteiger partial charge in [0.05, 0.1) is 5.75 Å². The van der Waals surface area contributed by atoms with Crippen LogP contribution >= 0.6 is 11.6 Å². The fourth-order valence-electron chi connectivity index (χ4n) is 3.12. The smallest absolute Gasteiger partial charge is 0.227 e. The Hall–Kier alpha value is -2.03. The lowest BCUT2D eigenvalue weighted by molar-refractivity contribution is -0.121. The van der Waals surface area contributed by atoms with Crippen LogP contribution in [0.2, 0.25) is 5.02 Å². The maximum atomic E-state index is 13.7. The third-order valence-electron chi connectivity index (χ3n) is 4.69. The summed E-state index contributed by atoms with van der Waals surface area (Å²) in [7, 11) is -3.53. The van der Waals surface area contributed by atoms with Crippen molar-refractivity contribution in [1.29, 1.82) is 0 Å². The highest BCUT2D eigenvalue weighted by molar-refractivity contribution is 7.88. The van der Waals surface area contributed by atoms with E-state index in [1.807, 2.05) is 0 Å². The highest BCUT2D eigenvalue weighted by Crippen LogP contribution is 2.25. The van der Waals surface area contributed by atoms with Crippen LogP contribution in [0.3, 0.4) is 0 Å². The van der Waals surface area contributed by atoms with Crippen molar-refractivity contribution >= 4 is 33.2 Å². The lowest BCUT2D eigenvalue weighted by Crippen LogP contribution is -2.42. The van der Waals surface area contributed by atoms with Gasteiger partial charge in [0.2, 0.25) is 15.9 Å². The fourth-order valence-corrected chi connectivity index (χ4v) is 4.81. The number of carbonyl (C=O) groups excluding carboxylic acids is 1. The summed E-state index contributed by atoms with van der Waals surface area (Å²) in [4.78, 5) is 12.3. The number of anilines is 1. The molecule has 0 aromatic heterocycles. The number of carbonyl (C=O) groups is 1. The number of piperidine rings is 1. The molecule has 0 bridgehead atoms. The summed E-state index contributed by atoms with van der Waals surface area (Å²) in [6, 6.07) is 9.90. The van der Waals surface area contributed by atoms with Gasteiger partial charge in [0.25, 0.3) is 0 Å². The number of hydrogen-bond acceptors (Lipinski definition) is 3. The van der Waals surface area contributed by atoms with Crippen LogP contribution in [0.15, 0.2) is 42.5 Å². The molecule has 9 heteroatoms. The Morgan fingerprint density at radius 3 is 2.21 bits per heavy atom. The van der Waals surface area contributed by atoms with Gasteiger partial charge in [0.1, 0.15) is 17.3 Å². The molecule has 1 saturated heterocycles. The van der Waals surface area contributed by atoms with Gasteiger partial charge in [0.15, 0.2) is 0 Å². The molecular weight excluding hydrogens is 410 g/mol. The Morgan fingerprint density at radius 2 is 1.64 bits per heavy atom. The molecule has 0 saturated carbocycles. The maximum Gasteiger partial charge on any atom is 0.227 e. The quantitative estimate of drug-likeness (QED) is 0.787. The van der Waals surface area contributed by atoms with Crippen molar-refractivity contribution in [2.75, 3.05) is 18.4 Å². The van der Waals surface area contributed by atoms with E-state index in [0.717, 1.165) is 12.1 Å². The number of benzene rings is 2. The zero-order chi connectivity index (χ0) is 20.3. The summed E-state index contributed by atoms with van der Waals surface area (Å²) in [6.45, 7) is 0.349. The van der Waals surface area contributed by atoms with Crippen molar-refractivity contribution in [3.05, 3.63) is 64.7 Å². The van der Waals surface area contributed by atoms with Crippen LogP contribution < -0.4 is 5.32 Å². The minimum atomic E-state index is -3.53. The second-order valence-corrected chi connectivity index (χ2v) is 9.05. The molecule has 1 aliphatic rings. The maximum absolute atomic E-state index is 13.7. The minimum Gasteiger partial charge on any atom is -0.321 e. The van der Waals surface area contributed by atoms with E-state index in [4.69, 9.17) is 11.6 Å². The number of para-hydroxylation sites is 1. The fraction of sp³-hybridized carbons (Fsp3) is 0.316. The van der Waals surface area contributed by atoms with Crippen molar-refractivity contribution in [3.63, 3.8) is 0 Å². The summed E-state index contributed by atoms with van der Waals surface area (Å²) in [5.41, 5.74) is 0.143. The Morgan fingerprint density at radius 1 is 1.07 bits per heavy atom. The van der Waals surface area contributed by atoms with Crippen molar-refractivity contribution in [1.82, 2.24) is 4.31 Å². The lowest BCUT2D eigenvalue weighted by atomic mass is 9.97. The van der Waals surface area contributed by atoms with Crippen molar-refractivity contribution in [2.24, 2.45) is 5.92 Å². The number of sulfonamides is 1. The molecule has 0 aliphatic carbocycles. The van der Waals surface area contributed by atoms with Gasteiger partial charge in [0, 0.05) is 24.0 Å². The molecular formula is C19H19ClF2N2O3S.